The highest BCUT2D eigenvalue weighted by atomic mass is 32.1. The predicted molar refractivity (Wildman–Crippen MR) is 84.4 cm³/mol. The lowest BCUT2D eigenvalue weighted by Crippen LogP contribution is -2.41. The lowest BCUT2D eigenvalue weighted by Gasteiger charge is -2.17. The van der Waals surface area contributed by atoms with Crippen molar-refractivity contribution in [3.8, 4) is 0 Å². The molecule has 0 unspecified atom stereocenters. The van der Waals surface area contributed by atoms with Gasteiger partial charge in [-0.05, 0) is 14.0 Å². The van der Waals surface area contributed by atoms with Gasteiger partial charge in [-0.2, -0.15) is 0 Å². The highest BCUT2D eigenvalue weighted by Gasteiger charge is 2.02. The minimum atomic E-state index is 0.706. The predicted octanol–water partition coefficient (Wildman–Crippen LogP) is 0.695. The van der Waals surface area contributed by atoms with Crippen LogP contribution in [0.3, 0.4) is 0 Å². The zero-order valence-corrected chi connectivity index (χ0v) is 13.6. The highest BCUT2D eigenvalue weighted by Crippen LogP contribution is 2.10. The van der Waals surface area contributed by atoms with Gasteiger partial charge in [0.15, 0.2) is 5.96 Å². The first kappa shape index (κ1) is 16.9. The first-order valence-electron chi connectivity index (χ1n) is 6.69. The van der Waals surface area contributed by atoms with Crippen LogP contribution in [0.2, 0.25) is 0 Å². The van der Waals surface area contributed by atoms with E-state index in [0.717, 1.165) is 37.2 Å². The molecule has 0 fully saturated rings. The van der Waals surface area contributed by atoms with Crippen LogP contribution in [0.15, 0.2) is 11.2 Å². The zero-order chi connectivity index (χ0) is 14.8. The Hall–Kier alpha value is -1.18. The second kappa shape index (κ2) is 9.68. The molecule has 0 saturated heterocycles. The third-order valence-corrected chi connectivity index (χ3v) is 3.68. The van der Waals surface area contributed by atoms with Crippen LogP contribution in [0.25, 0.3) is 0 Å². The molecule has 0 aliphatic rings. The summed E-state index contributed by atoms with van der Waals surface area (Å²) in [6.45, 7) is 6.24. The first-order chi connectivity index (χ1) is 9.65. The summed E-state index contributed by atoms with van der Waals surface area (Å²) >= 11 is 1.70. The van der Waals surface area contributed by atoms with E-state index in [2.05, 4.69) is 39.5 Å². The van der Waals surface area contributed by atoms with Crippen LogP contribution >= 0.6 is 11.3 Å². The maximum Gasteiger partial charge on any atom is 0.191 e. The Morgan fingerprint density at radius 3 is 2.85 bits per heavy atom. The summed E-state index contributed by atoms with van der Waals surface area (Å²) in [5, 5.41) is 7.62. The van der Waals surface area contributed by atoms with Crippen LogP contribution in [-0.4, -0.2) is 63.3 Å². The number of rotatable bonds is 8. The summed E-state index contributed by atoms with van der Waals surface area (Å²) < 4.78 is 5.05. The summed E-state index contributed by atoms with van der Waals surface area (Å²) in [7, 11) is 5.57. The van der Waals surface area contributed by atoms with E-state index in [1.54, 1.807) is 25.5 Å². The number of aromatic nitrogens is 1. The second-order valence-electron chi connectivity index (χ2n) is 4.51. The van der Waals surface area contributed by atoms with Crippen molar-refractivity contribution in [3.05, 3.63) is 16.1 Å². The standard InChI is InChI=1S/C13H25N5OS/c1-11-9-16-12(20-11)10-17-13(14-2)15-5-6-18(3)7-8-19-4/h9H,5-8,10H2,1-4H3,(H2,14,15,17). The van der Waals surface area contributed by atoms with Gasteiger partial charge in [0, 0.05) is 44.9 Å². The van der Waals surface area contributed by atoms with Crippen LogP contribution in [0.1, 0.15) is 9.88 Å². The van der Waals surface area contributed by atoms with E-state index >= 15 is 0 Å². The van der Waals surface area contributed by atoms with E-state index in [4.69, 9.17) is 4.74 Å². The topological polar surface area (TPSA) is 61.8 Å². The molecule has 1 heterocycles. The Bertz CT molecular complexity index is 407. The number of aliphatic imine (C=N–C) groups is 1. The Labute approximate surface area is 125 Å². The lowest BCUT2D eigenvalue weighted by atomic mass is 10.5. The van der Waals surface area contributed by atoms with Gasteiger partial charge in [-0.15, -0.1) is 11.3 Å². The number of methoxy groups -OCH3 is 1. The molecule has 6 nitrogen and oxygen atoms in total. The Kier molecular flexibility index (Phi) is 8.17. The van der Waals surface area contributed by atoms with Gasteiger partial charge < -0.3 is 20.3 Å². The summed E-state index contributed by atoms with van der Waals surface area (Å²) in [6.07, 6.45) is 1.89. The van der Waals surface area contributed by atoms with Gasteiger partial charge in [0.25, 0.3) is 0 Å². The van der Waals surface area contributed by atoms with Crippen molar-refractivity contribution >= 4 is 17.3 Å². The molecule has 20 heavy (non-hydrogen) atoms. The number of ether oxygens (including phenoxy) is 1. The van der Waals surface area contributed by atoms with E-state index in [0.29, 0.717) is 6.54 Å². The normalized spacial score (nSPS) is 11.9. The van der Waals surface area contributed by atoms with Crippen molar-refractivity contribution in [1.82, 2.24) is 20.5 Å². The molecule has 0 atom stereocenters. The van der Waals surface area contributed by atoms with Gasteiger partial charge >= 0.3 is 0 Å². The van der Waals surface area contributed by atoms with Gasteiger partial charge in [0.2, 0.25) is 0 Å². The molecule has 114 valence electrons. The molecular weight excluding hydrogens is 274 g/mol. The third kappa shape index (κ3) is 6.83. The van der Waals surface area contributed by atoms with Gasteiger partial charge in [-0.25, -0.2) is 4.98 Å². The molecule has 1 rings (SSSR count). The minimum absolute atomic E-state index is 0.706. The van der Waals surface area contributed by atoms with E-state index in [1.807, 2.05) is 6.20 Å². The highest BCUT2D eigenvalue weighted by molar-refractivity contribution is 7.11. The van der Waals surface area contributed by atoms with Crippen LogP contribution in [0, 0.1) is 6.92 Å². The number of nitrogens with one attached hydrogen (secondary N) is 2. The molecule has 2 N–H and O–H groups in total. The van der Waals surface area contributed by atoms with Crippen LogP contribution in [-0.2, 0) is 11.3 Å². The van der Waals surface area contributed by atoms with Crippen LogP contribution in [0.5, 0.6) is 0 Å². The first-order valence-corrected chi connectivity index (χ1v) is 7.50. The lowest BCUT2D eigenvalue weighted by molar-refractivity contribution is 0.162. The number of hydrogen-bond acceptors (Lipinski definition) is 5. The molecule has 0 saturated carbocycles. The summed E-state index contributed by atoms with van der Waals surface area (Å²) in [5.41, 5.74) is 0. The SMILES string of the molecule is CN=C(NCCN(C)CCOC)NCc1ncc(C)s1. The molecule has 1 aromatic heterocycles. The number of guanidine groups is 1. The van der Waals surface area contributed by atoms with Crippen molar-refractivity contribution in [1.29, 1.82) is 0 Å². The maximum atomic E-state index is 5.05. The molecule has 1 aromatic rings. The van der Waals surface area contributed by atoms with Gasteiger partial charge in [0.05, 0.1) is 13.2 Å². The smallest absolute Gasteiger partial charge is 0.191 e. The van der Waals surface area contributed by atoms with Crippen molar-refractivity contribution in [2.75, 3.05) is 47.4 Å². The summed E-state index contributed by atoms with van der Waals surface area (Å²) in [5.74, 6) is 0.804. The fraction of sp³-hybridized carbons (Fsp3) is 0.692. The van der Waals surface area contributed by atoms with E-state index < -0.39 is 0 Å². The molecule has 0 aliphatic carbocycles. The van der Waals surface area contributed by atoms with Crippen molar-refractivity contribution in [3.63, 3.8) is 0 Å². The quantitative estimate of drug-likeness (QED) is 0.546. The molecule has 0 amide bonds. The van der Waals surface area contributed by atoms with E-state index in [1.165, 1.54) is 4.88 Å². The second-order valence-corrected chi connectivity index (χ2v) is 5.83. The van der Waals surface area contributed by atoms with Crippen molar-refractivity contribution in [2.24, 2.45) is 4.99 Å². The Balaban J connectivity index is 2.20. The Morgan fingerprint density at radius 2 is 2.25 bits per heavy atom. The molecule has 0 radical (unpaired) electrons. The number of thiazole rings is 1. The van der Waals surface area contributed by atoms with Crippen molar-refractivity contribution < 1.29 is 4.74 Å². The molecule has 7 heteroatoms. The third-order valence-electron chi connectivity index (χ3n) is 2.76. The zero-order valence-electron chi connectivity index (χ0n) is 12.8. The number of nitrogens with zero attached hydrogens (tertiary/aromatic N) is 3. The van der Waals surface area contributed by atoms with Gasteiger partial charge in [0.1, 0.15) is 5.01 Å². The van der Waals surface area contributed by atoms with Crippen LogP contribution in [0.4, 0.5) is 0 Å². The fourth-order valence-corrected chi connectivity index (χ4v) is 2.31. The molecule has 0 spiro atoms. The summed E-state index contributed by atoms with van der Waals surface area (Å²) in [6, 6.07) is 0. The fourth-order valence-electron chi connectivity index (χ4n) is 1.59. The van der Waals surface area contributed by atoms with Gasteiger partial charge in [-0.1, -0.05) is 0 Å². The number of aryl methyl sites for hydroxylation is 1. The Morgan fingerprint density at radius 1 is 1.45 bits per heavy atom. The monoisotopic (exact) mass is 299 g/mol. The van der Waals surface area contributed by atoms with E-state index in [9.17, 15) is 0 Å². The molecular formula is C13H25N5OS. The molecule has 0 aromatic carbocycles. The maximum absolute atomic E-state index is 5.05. The summed E-state index contributed by atoms with van der Waals surface area (Å²) in [4.78, 5) is 12.0. The van der Waals surface area contributed by atoms with Gasteiger partial charge in [-0.3, -0.25) is 4.99 Å². The largest absolute Gasteiger partial charge is 0.383 e. The molecule has 0 bridgehead atoms. The number of likely N-dealkylation sites (N-methyl/N-ethyl adjacent to an activating group) is 1. The minimum Gasteiger partial charge on any atom is -0.383 e. The number of hydrogen-bond donors (Lipinski definition) is 2. The van der Waals surface area contributed by atoms with Crippen LogP contribution < -0.4 is 10.6 Å². The average molecular weight is 299 g/mol. The van der Waals surface area contributed by atoms with Crippen molar-refractivity contribution in [2.45, 2.75) is 13.5 Å². The average Bonchev–Trinajstić information content (AvgIpc) is 2.86. The van der Waals surface area contributed by atoms with E-state index in [-0.39, 0.29) is 0 Å². The molecule has 0 aliphatic heterocycles.